The Balaban J connectivity index is 2.66. The maximum absolute atomic E-state index is 11.3. The fourth-order valence-corrected chi connectivity index (χ4v) is 2.28. The lowest BCUT2D eigenvalue weighted by Crippen LogP contribution is -2.35. The second kappa shape index (κ2) is 7.02. The van der Waals surface area contributed by atoms with E-state index in [1.54, 1.807) is 6.26 Å². The molecule has 0 aliphatic carbocycles. The smallest absolute Gasteiger partial charge is 0.0498 e. The summed E-state index contributed by atoms with van der Waals surface area (Å²) in [6, 6.07) is 8.29. The standard InChI is InChI=1S/C14H23NO2S/c1-10(9-16)11(2)15-12(3)13-5-7-14(8-6-13)18(4)17/h5-8,10-12,15-16H,9H2,1-4H3. The Morgan fingerprint density at radius 1 is 1.22 bits per heavy atom. The zero-order valence-corrected chi connectivity index (χ0v) is 12.3. The summed E-state index contributed by atoms with van der Waals surface area (Å²) in [5.41, 5.74) is 1.17. The van der Waals surface area contributed by atoms with Gasteiger partial charge in [-0.3, -0.25) is 4.21 Å². The molecule has 1 aromatic rings. The number of benzene rings is 1. The first-order valence-electron chi connectivity index (χ1n) is 6.26. The molecule has 18 heavy (non-hydrogen) atoms. The molecule has 0 aliphatic heterocycles. The molecule has 0 radical (unpaired) electrons. The van der Waals surface area contributed by atoms with Gasteiger partial charge in [0.15, 0.2) is 0 Å². The summed E-state index contributed by atoms with van der Waals surface area (Å²) in [6.07, 6.45) is 1.68. The first kappa shape index (κ1) is 15.3. The first-order valence-corrected chi connectivity index (χ1v) is 7.81. The highest BCUT2D eigenvalue weighted by Gasteiger charge is 2.14. The summed E-state index contributed by atoms with van der Waals surface area (Å²) in [7, 11) is -0.923. The van der Waals surface area contributed by atoms with Gasteiger partial charge in [0.2, 0.25) is 0 Å². The van der Waals surface area contributed by atoms with Crippen molar-refractivity contribution < 1.29 is 9.32 Å². The summed E-state index contributed by atoms with van der Waals surface area (Å²) in [4.78, 5) is 0.850. The molecule has 4 atom stereocenters. The van der Waals surface area contributed by atoms with Gasteiger partial charge in [0, 0.05) is 40.6 Å². The van der Waals surface area contributed by atoms with E-state index in [-0.39, 0.29) is 24.6 Å². The van der Waals surface area contributed by atoms with Crippen LogP contribution in [-0.4, -0.2) is 28.2 Å². The quantitative estimate of drug-likeness (QED) is 0.831. The van der Waals surface area contributed by atoms with Gasteiger partial charge >= 0.3 is 0 Å². The van der Waals surface area contributed by atoms with E-state index in [2.05, 4.69) is 19.2 Å². The first-order chi connectivity index (χ1) is 8.45. The van der Waals surface area contributed by atoms with Gasteiger partial charge in [-0.2, -0.15) is 0 Å². The van der Waals surface area contributed by atoms with Gasteiger partial charge in [-0.15, -0.1) is 0 Å². The van der Waals surface area contributed by atoms with Gasteiger partial charge in [-0.05, 0) is 37.5 Å². The van der Waals surface area contributed by atoms with Crippen molar-refractivity contribution in [2.75, 3.05) is 12.9 Å². The molecule has 1 aromatic carbocycles. The molecular formula is C14H23NO2S. The number of hydrogen-bond acceptors (Lipinski definition) is 3. The van der Waals surface area contributed by atoms with Crippen LogP contribution in [0, 0.1) is 5.92 Å². The zero-order valence-electron chi connectivity index (χ0n) is 11.5. The van der Waals surface area contributed by atoms with Crippen LogP contribution in [0.25, 0.3) is 0 Å². The molecule has 0 spiro atoms. The predicted octanol–water partition coefficient (Wildman–Crippen LogP) is 2.09. The third-order valence-corrected chi connectivity index (χ3v) is 4.30. The molecule has 0 amide bonds. The summed E-state index contributed by atoms with van der Waals surface area (Å²) in [5.74, 6) is 0.231. The Morgan fingerprint density at radius 2 is 1.78 bits per heavy atom. The van der Waals surface area contributed by atoms with E-state index in [0.29, 0.717) is 0 Å². The minimum Gasteiger partial charge on any atom is -0.396 e. The Bertz CT molecular complexity index is 391. The average molecular weight is 269 g/mol. The van der Waals surface area contributed by atoms with E-state index in [0.717, 1.165) is 4.90 Å². The van der Waals surface area contributed by atoms with Crippen LogP contribution in [-0.2, 0) is 10.8 Å². The molecule has 3 nitrogen and oxygen atoms in total. The minimum absolute atomic E-state index is 0.189. The number of aliphatic hydroxyl groups excluding tert-OH is 1. The lowest BCUT2D eigenvalue weighted by molar-refractivity contribution is 0.202. The van der Waals surface area contributed by atoms with Crippen molar-refractivity contribution in [3.8, 4) is 0 Å². The van der Waals surface area contributed by atoms with Crippen molar-refractivity contribution in [2.45, 2.75) is 37.8 Å². The predicted molar refractivity (Wildman–Crippen MR) is 76.0 cm³/mol. The normalized spacial score (nSPS) is 18.1. The minimum atomic E-state index is -0.923. The zero-order chi connectivity index (χ0) is 13.7. The molecule has 0 heterocycles. The monoisotopic (exact) mass is 269 g/mol. The topological polar surface area (TPSA) is 49.3 Å². The number of hydrogen-bond donors (Lipinski definition) is 2. The molecular weight excluding hydrogens is 246 g/mol. The Hall–Kier alpha value is -0.710. The highest BCUT2D eigenvalue weighted by molar-refractivity contribution is 7.84. The maximum Gasteiger partial charge on any atom is 0.0498 e. The van der Waals surface area contributed by atoms with Crippen LogP contribution in [0.2, 0.25) is 0 Å². The van der Waals surface area contributed by atoms with Crippen molar-refractivity contribution in [1.29, 1.82) is 0 Å². The van der Waals surface area contributed by atoms with Gasteiger partial charge in [0.05, 0.1) is 0 Å². The molecule has 0 saturated carbocycles. The molecule has 2 N–H and O–H groups in total. The van der Waals surface area contributed by atoms with Gasteiger partial charge in [-0.25, -0.2) is 0 Å². The van der Waals surface area contributed by atoms with Crippen molar-refractivity contribution in [2.24, 2.45) is 5.92 Å². The molecule has 4 unspecified atom stereocenters. The van der Waals surface area contributed by atoms with Gasteiger partial charge in [0.25, 0.3) is 0 Å². The molecule has 0 fully saturated rings. The summed E-state index contributed by atoms with van der Waals surface area (Å²) in [6.45, 7) is 6.38. The Labute approximate surface area is 112 Å². The van der Waals surface area contributed by atoms with Crippen molar-refractivity contribution in [1.82, 2.24) is 5.32 Å². The second-order valence-corrected chi connectivity index (χ2v) is 6.24. The fraction of sp³-hybridized carbons (Fsp3) is 0.571. The van der Waals surface area contributed by atoms with Crippen LogP contribution in [0.5, 0.6) is 0 Å². The van der Waals surface area contributed by atoms with E-state index in [1.807, 2.05) is 31.2 Å². The Morgan fingerprint density at radius 3 is 2.22 bits per heavy atom. The third-order valence-electron chi connectivity index (χ3n) is 3.37. The second-order valence-electron chi connectivity index (χ2n) is 4.86. The van der Waals surface area contributed by atoms with Gasteiger partial charge < -0.3 is 10.4 Å². The lowest BCUT2D eigenvalue weighted by Gasteiger charge is -2.24. The summed E-state index contributed by atoms with van der Waals surface area (Å²) >= 11 is 0. The van der Waals surface area contributed by atoms with E-state index in [1.165, 1.54) is 5.56 Å². The molecule has 102 valence electrons. The molecule has 1 rings (SSSR count). The van der Waals surface area contributed by atoms with Crippen LogP contribution < -0.4 is 5.32 Å². The van der Waals surface area contributed by atoms with Crippen LogP contribution in [0.1, 0.15) is 32.4 Å². The van der Waals surface area contributed by atoms with Crippen LogP contribution in [0.4, 0.5) is 0 Å². The molecule has 0 aliphatic rings. The van der Waals surface area contributed by atoms with Crippen LogP contribution in [0.3, 0.4) is 0 Å². The fourth-order valence-electron chi connectivity index (χ4n) is 1.76. The van der Waals surface area contributed by atoms with Crippen molar-refractivity contribution in [3.63, 3.8) is 0 Å². The van der Waals surface area contributed by atoms with Gasteiger partial charge in [-0.1, -0.05) is 19.1 Å². The number of nitrogens with one attached hydrogen (secondary N) is 1. The van der Waals surface area contributed by atoms with Crippen LogP contribution in [0.15, 0.2) is 29.2 Å². The number of aliphatic hydroxyl groups is 1. The number of rotatable bonds is 6. The maximum atomic E-state index is 11.3. The van der Waals surface area contributed by atoms with Crippen LogP contribution >= 0.6 is 0 Å². The van der Waals surface area contributed by atoms with Gasteiger partial charge in [0.1, 0.15) is 0 Å². The third kappa shape index (κ3) is 4.19. The highest BCUT2D eigenvalue weighted by atomic mass is 32.2. The van der Waals surface area contributed by atoms with E-state index in [4.69, 9.17) is 5.11 Å². The highest BCUT2D eigenvalue weighted by Crippen LogP contribution is 2.16. The Kier molecular flexibility index (Phi) is 5.99. The molecule has 0 bridgehead atoms. The average Bonchev–Trinajstić information content (AvgIpc) is 2.37. The van der Waals surface area contributed by atoms with E-state index in [9.17, 15) is 4.21 Å². The SMILES string of the molecule is CC(NC(C)C(C)CO)c1ccc(S(C)=O)cc1. The summed E-state index contributed by atoms with van der Waals surface area (Å²) < 4.78 is 11.3. The van der Waals surface area contributed by atoms with E-state index >= 15 is 0 Å². The molecule has 4 heteroatoms. The largest absolute Gasteiger partial charge is 0.396 e. The molecule has 0 aromatic heterocycles. The lowest BCUT2D eigenvalue weighted by atomic mass is 10.0. The van der Waals surface area contributed by atoms with Crippen molar-refractivity contribution in [3.05, 3.63) is 29.8 Å². The van der Waals surface area contributed by atoms with Crippen molar-refractivity contribution >= 4 is 10.8 Å². The molecule has 0 saturated heterocycles. The summed E-state index contributed by atoms with van der Waals surface area (Å²) in [5, 5.41) is 12.6. The van der Waals surface area contributed by atoms with E-state index < -0.39 is 10.8 Å².